The molecule has 0 aromatic heterocycles. The first-order valence-corrected chi connectivity index (χ1v) is 9.07. The number of nitrogens with two attached hydrogens (primary N) is 1. The molecule has 1 aromatic rings. The quantitative estimate of drug-likeness (QED) is 0.629. The molecule has 0 amide bonds. The molecule has 0 aliphatic carbocycles. The largest absolute Gasteiger partial charge is 0.399 e. The monoisotopic (exact) mass is 316 g/mol. The number of β-amino-alcohol motifs (C(OH)–C–C–N with tert-alkyl or cyclic N) is 1. The second-order valence-corrected chi connectivity index (χ2v) is 8.57. The van der Waals surface area contributed by atoms with Gasteiger partial charge in [0.1, 0.15) is 0 Å². The highest BCUT2D eigenvalue weighted by atomic mass is 32.2. The molecule has 0 radical (unpaired) electrons. The van der Waals surface area contributed by atoms with E-state index in [0.29, 0.717) is 24.4 Å². The van der Waals surface area contributed by atoms with Crippen LogP contribution in [-0.2, 0) is 10.0 Å². The fourth-order valence-corrected chi connectivity index (χ4v) is 5.05. The van der Waals surface area contributed by atoms with Gasteiger partial charge >= 0.3 is 0 Å². The normalized spacial score (nSPS) is 24.1. The van der Waals surface area contributed by atoms with Gasteiger partial charge in [0.15, 0.2) is 0 Å². The zero-order valence-corrected chi connectivity index (χ0v) is 13.1. The Morgan fingerprint density at radius 2 is 2.25 bits per heavy atom. The van der Waals surface area contributed by atoms with Crippen LogP contribution in [0.25, 0.3) is 0 Å². The molecule has 1 unspecified atom stereocenters. The fraction of sp³-hybridized carbons (Fsp3) is 0.538. The van der Waals surface area contributed by atoms with E-state index < -0.39 is 15.6 Å². The Bertz CT molecular complexity index is 573. The summed E-state index contributed by atoms with van der Waals surface area (Å²) in [4.78, 5) is 0.966. The average Bonchev–Trinajstić information content (AvgIpc) is 2.70. The van der Waals surface area contributed by atoms with Crippen molar-refractivity contribution in [3.63, 3.8) is 0 Å². The number of anilines is 1. The number of benzene rings is 1. The number of nitrogens with zero attached hydrogens (tertiary/aromatic N) is 1. The van der Waals surface area contributed by atoms with E-state index in [1.165, 1.54) is 16.1 Å². The van der Waals surface area contributed by atoms with Crippen LogP contribution < -0.4 is 5.73 Å². The van der Waals surface area contributed by atoms with Crippen LogP contribution in [-0.4, -0.2) is 48.0 Å². The Hall–Kier alpha value is -0.760. The number of hydrogen-bond acceptors (Lipinski definition) is 5. The summed E-state index contributed by atoms with van der Waals surface area (Å²) in [5.74, 6) is 0.549. The molecular weight excluding hydrogens is 296 g/mol. The van der Waals surface area contributed by atoms with Gasteiger partial charge in [-0.15, -0.1) is 11.8 Å². The maximum Gasteiger partial charge on any atom is 0.215 e. The molecule has 2 rings (SSSR count). The summed E-state index contributed by atoms with van der Waals surface area (Å²) in [6.07, 6.45) is 0.495. The number of aliphatic hydroxyl groups is 1. The summed E-state index contributed by atoms with van der Waals surface area (Å²) in [5.41, 5.74) is 5.46. The summed E-state index contributed by atoms with van der Waals surface area (Å²) in [7, 11) is -3.29. The maximum atomic E-state index is 12.2. The molecule has 7 heteroatoms. The molecule has 20 heavy (non-hydrogen) atoms. The van der Waals surface area contributed by atoms with Crippen LogP contribution in [0.15, 0.2) is 29.2 Å². The molecule has 1 aliphatic rings. The van der Waals surface area contributed by atoms with Gasteiger partial charge in [-0.1, -0.05) is 6.07 Å². The van der Waals surface area contributed by atoms with Crippen LogP contribution in [0.2, 0.25) is 0 Å². The predicted octanol–water partition coefficient (Wildman–Crippen LogP) is 1.15. The van der Waals surface area contributed by atoms with Gasteiger partial charge < -0.3 is 10.8 Å². The van der Waals surface area contributed by atoms with Crippen molar-refractivity contribution >= 4 is 27.5 Å². The smallest absolute Gasteiger partial charge is 0.215 e. The van der Waals surface area contributed by atoms with Gasteiger partial charge in [0, 0.05) is 29.4 Å². The molecule has 0 bridgehead atoms. The van der Waals surface area contributed by atoms with Gasteiger partial charge in [-0.05, 0) is 31.5 Å². The van der Waals surface area contributed by atoms with Gasteiger partial charge in [0.25, 0.3) is 0 Å². The molecule has 112 valence electrons. The molecule has 1 heterocycles. The van der Waals surface area contributed by atoms with Crippen molar-refractivity contribution in [2.75, 3.05) is 30.3 Å². The summed E-state index contributed by atoms with van der Waals surface area (Å²) in [6.45, 7) is 2.26. The lowest BCUT2D eigenvalue weighted by atomic mass is 10.1. The minimum Gasteiger partial charge on any atom is -0.399 e. The highest BCUT2D eigenvalue weighted by Gasteiger charge is 2.37. The second kappa shape index (κ2) is 5.93. The van der Waals surface area contributed by atoms with E-state index in [9.17, 15) is 13.5 Å². The first-order chi connectivity index (χ1) is 9.28. The molecule has 3 N–H and O–H groups in total. The minimum atomic E-state index is -3.29. The summed E-state index contributed by atoms with van der Waals surface area (Å²) in [6, 6.07) is 7.39. The highest BCUT2D eigenvalue weighted by molar-refractivity contribution is 8.00. The summed E-state index contributed by atoms with van der Waals surface area (Å²) in [5, 5.41) is 9.84. The Morgan fingerprint density at radius 1 is 1.50 bits per heavy atom. The van der Waals surface area contributed by atoms with E-state index in [4.69, 9.17) is 5.73 Å². The van der Waals surface area contributed by atoms with Crippen molar-refractivity contribution < 1.29 is 13.5 Å². The third-order valence-electron chi connectivity index (χ3n) is 3.28. The minimum absolute atomic E-state index is 0.0720. The number of thioether (sulfide) groups is 1. The Kier molecular flexibility index (Phi) is 4.63. The predicted molar refractivity (Wildman–Crippen MR) is 82.2 cm³/mol. The lowest BCUT2D eigenvalue weighted by Crippen LogP contribution is -2.35. The lowest BCUT2D eigenvalue weighted by molar-refractivity contribution is 0.0762. The van der Waals surface area contributed by atoms with E-state index >= 15 is 0 Å². The summed E-state index contributed by atoms with van der Waals surface area (Å²) >= 11 is 1.47. The van der Waals surface area contributed by atoms with E-state index in [1.54, 1.807) is 13.0 Å². The van der Waals surface area contributed by atoms with Crippen LogP contribution >= 0.6 is 11.8 Å². The van der Waals surface area contributed by atoms with Crippen molar-refractivity contribution in [2.24, 2.45) is 0 Å². The van der Waals surface area contributed by atoms with Crippen molar-refractivity contribution in [1.29, 1.82) is 0 Å². The first kappa shape index (κ1) is 15.6. The van der Waals surface area contributed by atoms with Crippen LogP contribution in [0.4, 0.5) is 5.69 Å². The lowest BCUT2D eigenvalue weighted by Gasteiger charge is -2.18. The fourth-order valence-electron chi connectivity index (χ4n) is 2.14. The Labute approximate surface area is 124 Å². The van der Waals surface area contributed by atoms with Gasteiger partial charge in [-0.2, -0.15) is 4.31 Å². The molecule has 1 aliphatic heterocycles. The average molecular weight is 316 g/mol. The summed E-state index contributed by atoms with van der Waals surface area (Å²) < 4.78 is 25.7. The number of rotatable bonds is 5. The number of sulfonamides is 1. The second-order valence-electron chi connectivity index (χ2n) is 5.32. The third-order valence-corrected chi connectivity index (χ3v) is 6.35. The van der Waals surface area contributed by atoms with E-state index in [2.05, 4.69) is 0 Å². The topological polar surface area (TPSA) is 83.6 Å². The van der Waals surface area contributed by atoms with E-state index in [0.717, 1.165) is 4.90 Å². The van der Waals surface area contributed by atoms with Gasteiger partial charge in [0.05, 0.1) is 11.4 Å². The van der Waals surface area contributed by atoms with Crippen molar-refractivity contribution in [2.45, 2.75) is 23.8 Å². The SMILES string of the molecule is CC1(O)CCN(S(=O)(=O)CCSc2cccc(N)c2)C1. The van der Waals surface area contributed by atoms with Crippen LogP contribution in [0.5, 0.6) is 0 Å². The first-order valence-electron chi connectivity index (χ1n) is 6.47. The van der Waals surface area contributed by atoms with Crippen molar-refractivity contribution in [3.8, 4) is 0 Å². The zero-order valence-electron chi connectivity index (χ0n) is 11.4. The molecule has 0 spiro atoms. The van der Waals surface area contributed by atoms with Gasteiger partial charge in [-0.25, -0.2) is 8.42 Å². The van der Waals surface area contributed by atoms with Gasteiger partial charge in [-0.3, -0.25) is 0 Å². The Balaban J connectivity index is 1.87. The number of nitrogen functional groups attached to an aromatic ring is 1. The Morgan fingerprint density at radius 3 is 2.85 bits per heavy atom. The molecule has 5 nitrogen and oxygen atoms in total. The van der Waals surface area contributed by atoms with Crippen molar-refractivity contribution in [3.05, 3.63) is 24.3 Å². The van der Waals surface area contributed by atoms with E-state index in [-0.39, 0.29) is 12.3 Å². The van der Waals surface area contributed by atoms with Gasteiger partial charge in [0.2, 0.25) is 10.0 Å². The molecule has 1 fully saturated rings. The van der Waals surface area contributed by atoms with Crippen LogP contribution in [0.1, 0.15) is 13.3 Å². The van der Waals surface area contributed by atoms with Crippen LogP contribution in [0.3, 0.4) is 0 Å². The van der Waals surface area contributed by atoms with E-state index in [1.807, 2.05) is 18.2 Å². The molecule has 1 saturated heterocycles. The molecule has 1 aromatic carbocycles. The highest BCUT2D eigenvalue weighted by Crippen LogP contribution is 2.25. The standard InChI is InChI=1S/C13H20N2O3S2/c1-13(16)5-6-15(10-13)20(17,18)8-7-19-12-4-2-3-11(14)9-12/h2-4,9,16H,5-8,10,14H2,1H3. The molecular formula is C13H20N2O3S2. The maximum absolute atomic E-state index is 12.2. The zero-order chi connectivity index (χ0) is 14.8. The third kappa shape index (κ3) is 4.12. The molecule has 1 atom stereocenters. The van der Waals surface area contributed by atoms with Crippen LogP contribution in [0, 0.1) is 0 Å². The van der Waals surface area contributed by atoms with Crippen molar-refractivity contribution in [1.82, 2.24) is 4.31 Å². The number of hydrogen-bond donors (Lipinski definition) is 2. The molecule has 0 saturated carbocycles.